The summed E-state index contributed by atoms with van der Waals surface area (Å²) < 4.78 is 43.3. The molecule has 1 saturated heterocycles. The highest BCUT2D eigenvalue weighted by Crippen LogP contribution is 2.36. The molecule has 2 aromatic heterocycles. The molecule has 9 heteroatoms. The SMILES string of the molecule is O=C1CCCN1Cc1noc(/C=C/c2ccsc2C(F)(F)F)n1. The Morgan fingerprint density at radius 2 is 2.22 bits per heavy atom. The van der Waals surface area contributed by atoms with Gasteiger partial charge in [-0.25, -0.2) is 0 Å². The van der Waals surface area contributed by atoms with Gasteiger partial charge in [-0.2, -0.15) is 18.2 Å². The lowest BCUT2D eigenvalue weighted by atomic mass is 10.2. The summed E-state index contributed by atoms with van der Waals surface area (Å²) in [6.07, 6.45) is -0.439. The van der Waals surface area contributed by atoms with E-state index in [1.54, 1.807) is 4.90 Å². The number of aromatic nitrogens is 2. The Labute approximate surface area is 133 Å². The van der Waals surface area contributed by atoms with Crippen molar-refractivity contribution in [1.82, 2.24) is 15.0 Å². The lowest BCUT2D eigenvalue weighted by Crippen LogP contribution is -2.24. The monoisotopic (exact) mass is 343 g/mol. The first-order valence-electron chi connectivity index (χ1n) is 6.86. The van der Waals surface area contributed by atoms with Crippen LogP contribution in [0.5, 0.6) is 0 Å². The summed E-state index contributed by atoms with van der Waals surface area (Å²) in [6, 6.07) is 1.38. The second-order valence-corrected chi connectivity index (χ2v) is 5.92. The molecule has 23 heavy (non-hydrogen) atoms. The molecule has 0 N–H and O–H groups in total. The first kappa shape index (κ1) is 15.7. The number of carbonyl (C=O) groups excluding carboxylic acids is 1. The molecule has 1 amide bonds. The molecule has 2 aromatic rings. The van der Waals surface area contributed by atoms with Crippen molar-refractivity contribution < 1.29 is 22.5 Å². The van der Waals surface area contributed by atoms with Crippen LogP contribution >= 0.6 is 11.3 Å². The number of likely N-dealkylation sites (tertiary alicyclic amines) is 1. The molecule has 5 nitrogen and oxygen atoms in total. The molecular weight excluding hydrogens is 331 g/mol. The van der Waals surface area contributed by atoms with Crippen LogP contribution in [0.3, 0.4) is 0 Å². The number of alkyl halides is 3. The predicted octanol–water partition coefficient (Wildman–Crippen LogP) is 3.44. The lowest BCUT2D eigenvalue weighted by Gasteiger charge is -2.11. The molecule has 0 saturated carbocycles. The molecule has 0 atom stereocenters. The van der Waals surface area contributed by atoms with Gasteiger partial charge in [0.05, 0.1) is 6.54 Å². The Morgan fingerprint density at radius 1 is 1.39 bits per heavy atom. The van der Waals surface area contributed by atoms with Crippen LogP contribution in [0.4, 0.5) is 13.2 Å². The number of rotatable bonds is 4. The van der Waals surface area contributed by atoms with Crippen LogP contribution < -0.4 is 0 Å². The number of hydrogen-bond acceptors (Lipinski definition) is 5. The van der Waals surface area contributed by atoms with E-state index in [1.807, 2.05) is 0 Å². The summed E-state index contributed by atoms with van der Waals surface area (Å²) in [6.45, 7) is 0.908. The minimum Gasteiger partial charge on any atom is -0.335 e. The number of amides is 1. The fourth-order valence-corrected chi connectivity index (χ4v) is 3.04. The molecule has 0 aliphatic carbocycles. The van der Waals surface area contributed by atoms with Crippen LogP contribution in [0.1, 0.15) is 35.0 Å². The molecule has 1 fully saturated rings. The van der Waals surface area contributed by atoms with Crippen LogP contribution in [-0.4, -0.2) is 27.5 Å². The molecule has 3 rings (SSSR count). The standard InChI is InChI=1S/C14H12F3N3O2S/c15-14(16,17)13-9(5-7-23-13)3-4-11-18-10(19-22-11)8-20-6-1-2-12(20)21/h3-5,7H,1-2,6,8H2/b4-3+. The van der Waals surface area contributed by atoms with E-state index in [2.05, 4.69) is 10.1 Å². The van der Waals surface area contributed by atoms with Gasteiger partial charge in [-0.05, 0) is 29.5 Å². The van der Waals surface area contributed by atoms with Gasteiger partial charge in [-0.15, -0.1) is 11.3 Å². The fraction of sp³-hybridized carbons (Fsp3) is 0.357. The largest absolute Gasteiger partial charge is 0.426 e. The van der Waals surface area contributed by atoms with Gasteiger partial charge in [0, 0.05) is 19.0 Å². The molecular formula is C14H12F3N3O2S. The van der Waals surface area contributed by atoms with E-state index in [4.69, 9.17) is 4.52 Å². The zero-order valence-electron chi connectivity index (χ0n) is 11.8. The van der Waals surface area contributed by atoms with E-state index in [0.717, 1.165) is 6.42 Å². The first-order valence-corrected chi connectivity index (χ1v) is 7.74. The summed E-state index contributed by atoms with van der Waals surface area (Å²) in [4.78, 5) is 16.5. The maximum atomic E-state index is 12.8. The summed E-state index contributed by atoms with van der Waals surface area (Å²) in [5, 5.41) is 5.11. The lowest BCUT2D eigenvalue weighted by molar-refractivity contribution is -0.134. The molecule has 0 unspecified atom stereocenters. The van der Waals surface area contributed by atoms with Gasteiger partial charge < -0.3 is 9.42 Å². The average molecular weight is 343 g/mol. The zero-order chi connectivity index (χ0) is 16.4. The van der Waals surface area contributed by atoms with Crippen molar-refractivity contribution in [2.75, 3.05) is 6.54 Å². The number of hydrogen-bond donors (Lipinski definition) is 0. The number of nitrogens with zero attached hydrogens (tertiary/aromatic N) is 3. The van der Waals surface area contributed by atoms with E-state index in [1.165, 1.54) is 23.6 Å². The van der Waals surface area contributed by atoms with Gasteiger partial charge in [0.2, 0.25) is 5.91 Å². The second-order valence-electron chi connectivity index (χ2n) is 5.00. The Bertz CT molecular complexity index is 736. The minimum absolute atomic E-state index is 0.0417. The summed E-state index contributed by atoms with van der Waals surface area (Å²) in [7, 11) is 0. The quantitative estimate of drug-likeness (QED) is 0.853. The maximum absolute atomic E-state index is 12.8. The Hall–Kier alpha value is -2.16. The molecule has 0 aromatic carbocycles. The van der Waals surface area contributed by atoms with Gasteiger partial charge in [0.15, 0.2) is 5.82 Å². The third kappa shape index (κ3) is 3.61. The minimum atomic E-state index is -4.38. The summed E-state index contributed by atoms with van der Waals surface area (Å²) in [5.41, 5.74) is 0.0528. The van der Waals surface area contributed by atoms with E-state index in [0.29, 0.717) is 30.1 Å². The summed E-state index contributed by atoms with van der Waals surface area (Å²) in [5.74, 6) is 0.479. The van der Waals surface area contributed by atoms with Crippen molar-refractivity contribution >= 4 is 29.4 Å². The van der Waals surface area contributed by atoms with Crippen LogP contribution in [0.2, 0.25) is 0 Å². The van der Waals surface area contributed by atoms with Crippen molar-refractivity contribution in [3.63, 3.8) is 0 Å². The van der Waals surface area contributed by atoms with Crippen LogP contribution in [-0.2, 0) is 17.5 Å². The van der Waals surface area contributed by atoms with Gasteiger partial charge in [0.1, 0.15) is 4.88 Å². The highest BCUT2D eigenvalue weighted by molar-refractivity contribution is 7.10. The van der Waals surface area contributed by atoms with Crippen LogP contribution in [0.15, 0.2) is 16.0 Å². The molecule has 1 aliphatic heterocycles. The van der Waals surface area contributed by atoms with Gasteiger partial charge >= 0.3 is 6.18 Å². The molecule has 0 radical (unpaired) electrons. The average Bonchev–Trinajstić information content (AvgIpc) is 3.18. The number of halogens is 3. The maximum Gasteiger partial charge on any atom is 0.426 e. The Kier molecular flexibility index (Phi) is 4.20. The molecule has 0 bridgehead atoms. The van der Waals surface area contributed by atoms with Crippen LogP contribution in [0.25, 0.3) is 12.2 Å². The molecule has 0 spiro atoms. The third-order valence-corrected chi connectivity index (χ3v) is 4.32. The molecule has 3 heterocycles. The topological polar surface area (TPSA) is 59.2 Å². The summed E-state index contributed by atoms with van der Waals surface area (Å²) >= 11 is 0.631. The van der Waals surface area contributed by atoms with Crippen molar-refractivity contribution in [2.45, 2.75) is 25.6 Å². The van der Waals surface area contributed by atoms with Crippen molar-refractivity contribution in [3.05, 3.63) is 33.6 Å². The van der Waals surface area contributed by atoms with Gasteiger partial charge in [0.25, 0.3) is 5.89 Å². The highest BCUT2D eigenvalue weighted by Gasteiger charge is 2.34. The van der Waals surface area contributed by atoms with E-state index < -0.39 is 11.1 Å². The van der Waals surface area contributed by atoms with Crippen molar-refractivity contribution in [1.29, 1.82) is 0 Å². The normalized spacial score (nSPS) is 16.0. The predicted molar refractivity (Wildman–Crippen MR) is 77.2 cm³/mol. The van der Waals surface area contributed by atoms with E-state index in [9.17, 15) is 18.0 Å². The van der Waals surface area contributed by atoms with Crippen molar-refractivity contribution in [3.8, 4) is 0 Å². The Morgan fingerprint density at radius 3 is 2.91 bits per heavy atom. The smallest absolute Gasteiger partial charge is 0.335 e. The van der Waals surface area contributed by atoms with Crippen LogP contribution in [0, 0.1) is 0 Å². The molecule has 1 aliphatic rings. The molecule has 122 valence electrons. The highest BCUT2D eigenvalue weighted by atomic mass is 32.1. The second kappa shape index (κ2) is 6.15. The van der Waals surface area contributed by atoms with E-state index >= 15 is 0 Å². The van der Waals surface area contributed by atoms with Gasteiger partial charge in [-0.1, -0.05) is 5.16 Å². The van der Waals surface area contributed by atoms with E-state index in [-0.39, 0.29) is 23.9 Å². The first-order chi connectivity index (χ1) is 10.9. The fourth-order valence-electron chi connectivity index (χ4n) is 2.28. The van der Waals surface area contributed by atoms with Crippen molar-refractivity contribution in [2.24, 2.45) is 0 Å². The zero-order valence-corrected chi connectivity index (χ0v) is 12.7. The number of thiophene rings is 1. The van der Waals surface area contributed by atoms with Gasteiger partial charge in [-0.3, -0.25) is 4.79 Å². The Balaban J connectivity index is 1.69. The number of carbonyl (C=O) groups is 1. The third-order valence-electron chi connectivity index (χ3n) is 3.35.